The number of alkyl halides is 6. The Kier molecular flexibility index (Phi) is 5.01. The van der Waals surface area contributed by atoms with E-state index < -0.39 is 31.0 Å². The van der Waals surface area contributed by atoms with Gasteiger partial charge in [-0.2, -0.15) is 26.3 Å². The maximum Gasteiger partial charge on any atom is 0.393 e. The number of carbonyl (C=O) groups is 1. The van der Waals surface area contributed by atoms with Gasteiger partial charge in [0.2, 0.25) is 0 Å². The van der Waals surface area contributed by atoms with Crippen molar-refractivity contribution in [1.29, 1.82) is 0 Å². The zero-order chi connectivity index (χ0) is 18.0. The summed E-state index contributed by atoms with van der Waals surface area (Å²) in [6.07, 6.45) is -10.8. The predicted octanol–water partition coefficient (Wildman–Crippen LogP) is 5.13. The summed E-state index contributed by atoms with van der Waals surface area (Å²) in [4.78, 5) is 12.2. The molecule has 0 N–H and O–H groups in total. The van der Waals surface area contributed by atoms with E-state index in [2.05, 4.69) is 0 Å². The molecule has 0 bridgehead atoms. The van der Waals surface area contributed by atoms with Crippen molar-refractivity contribution >= 4 is 5.78 Å². The minimum atomic E-state index is -4.33. The third-order valence-electron chi connectivity index (χ3n) is 3.24. The topological polar surface area (TPSA) is 17.1 Å². The van der Waals surface area contributed by atoms with Crippen molar-refractivity contribution in [2.75, 3.05) is 0 Å². The van der Waals surface area contributed by atoms with Gasteiger partial charge in [0.25, 0.3) is 0 Å². The van der Waals surface area contributed by atoms with Gasteiger partial charge in [0.1, 0.15) is 0 Å². The quantitative estimate of drug-likeness (QED) is 0.554. The Labute approximate surface area is 133 Å². The first kappa shape index (κ1) is 18.0. The van der Waals surface area contributed by atoms with Gasteiger partial charge in [-0.1, -0.05) is 48.5 Å². The van der Waals surface area contributed by atoms with Crippen molar-refractivity contribution in [3.8, 4) is 0 Å². The number of ketones is 1. The molecule has 0 aliphatic heterocycles. The summed E-state index contributed by atoms with van der Waals surface area (Å²) in [6.45, 7) is 0. The monoisotopic (exact) mass is 346 g/mol. The van der Waals surface area contributed by atoms with E-state index in [-0.39, 0.29) is 22.3 Å². The van der Waals surface area contributed by atoms with Crippen LogP contribution in [0.1, 0.15) is 27.0 Å². The summed E-state index contributed by atoms with van der Waals surface area (Å²) in [7, 11) is 0. The second-order valence-electron chi connectivity index (χ2n) is 5.31. The SMILES string of the molecule is O=C(c1ccc(CC(F)(F)F)cc1)c1ccc(CC(F)(F)F)cc1. The molecule has 0 amide bonds. The lowest BCUT2D eigenvalue weighted by atomic mass is 9.99. The van der Waals surface area contributed by atoms with Gasteiger partial charge >= 0.3 is 12.4 Å². The van der Waals surface area contributed by atoms with Gasteiger partial charge in [0, 0.05) is 11.1 Å². The van der Waals surface area contributed by atoms with E-state index in [1.54, 1.807) is 0 Å². The van der Waals surface area contributed by atoms with Crippen LogP contribution < -0.4 is 0 Å². The molecule has 2 rings (SSSR count). The van der Waals surface area contributed by atoms with E-state index in [1.807, 2.05) is 0 Å². The molecule has 0 aliphatic rings. The summed E-state index contributed by atoms with van der Waals surface area (Å²) in [5.74, 6) is -0.466. The van der Waals surface area contributed by atoms with Gasteiger partial charge < -0.3 is 0 Å². The van der Waals surface area contributed by atoms with Crippen LogP contribution in [0.5, 0.6) is 0 Å². The number of benzene rings is 2. The molecule has 7 heteroatoms. The number of halogens is 6. The van der Waals surface area contributed by atoms with Gasteiger partial charge in [-0.25, -0.2) is 0 Å². The first-order valence-corrected chi connectivity index (χ1v) is 6.89. The highest BCUT2D eigenvalue weighted by molar-refractivity contribution is 6.08. The Balaban J connectivity index is 2.11. The molecule has 0 fully saturated rings. The Bertz CT molecular complexity index is 634. The summed E-state index contributed by atoms with van der Waals surface area (Å²) in [5, 5.41) is 0. The second kappa shape index (κ2) is 6.67. The number of carbonyl (C=O) groups excluding carboxylic acids is 1. The van der Waals surface area contributed by atoms with Gasteiger partial charge in [-0.15, -0.1) is 0 Å². The highest BCUT2D eigenvalue weighted by Crippen LogP contribution is 2.23. The minimum absolute atomic E-state index is 0.0274. The third-order valence-corrected chi connectivity index (χ3v) is 3.24. The zero-order valence-corrected chi connectivity index (χ0v) is 12.2. The summed E-state index contributed by atoms with van der Waals surface area (Å²) >= 11 is 0. The van der Waals surface area contributed by atoms with E-state index in [9.17, 15) is 31.1 Å². The number of rotatable bonds is 4. The fraction of sp³-hybridized carbons (Fsp3) is 0.235. The van der Waals surface area contributed by atoms with Crippen LogP contribution in [0.2, 0.25) is 0 Å². The van der Waals surface area contributed by atoms with Crippen LogP contribution in [0.4, 0.5) is 26.3 Å². The molecular weight excluding hydrogens is 334 g/mol. The lowest BCUT2D eigenvalue weighted by Gasteiger charge is -2.08. The van der Waals surface area contributed by atoms with Gasteiger partial charge in [-0.05, 0) is 11.1 Å². The zero-order valence-electron chi connectivity index (χ0n) is 12.2. The average Bonchev–Trinajstić information content (AvgIpc) is 2.45. The lowest BCUT2D eigenvalue weighted by molar-refractivity contribution is -0.128. The van der Waals surface area contributed by atoms with Gasteiger partial charge in [0.15, 0.2) is 5.78 Å². The first-order valence-electron chi connectivity index (χ1n) is 6.89. The maximum absolute atomic E-state index is 12.3. The standard InChI is InChI=1S/C17H12F6O/c18-16(19,20)9-11-1-5-13(6-2-11)15(24)14-7-3-12(4-8-14)10-17(21,22)23/h1-8H,9-10H2. The first-order chi connectivity index (χ1) is 11.0. The van der Waals surface area contributed by atoms with E-state index in [0.29, 0.717) is 0 Å². The normalized spacial score (nSPS) is 12.2. The maximum atomic E-state index is 12.3. The molecule has 0 aliphatic carbocycles. The fourth-order valence-corrected chi connectivity index (χ4v) is 2.18. The van der Waals surface area contributed by atoms with Crippen LogP contribution >= 0.6 is 0 Å². The number of hydrogen-bond acceptors (Lipinski definition) is 1. The molecule has 0 saturated carbocycles. The second-order valence-corrected chi connectivity index (χ2v) is 5.31. The molecule has 0 aromatic heterocycles. The molecule has 0 radical (unpaired) electrons. The van der Waals surface area contributed by atoms with E-state index in [0.717, 1.165) is 0 Å². The van der Waals surface area contributed by atoms with Crippen molar-refractivity contribution in [2.24, 2.45) is 0 Å². The molecule has 128 valence electrons. The molecule has 1 nitrogen and oxygen atoms in total. The smallest absolute Gasteiger partial charge is 0.289 e. The minimum Gasteiger partial charge on any atom is -0.289 e. The Morgan fingerprint density at radius 1 is 0.625 bits per heavy atom. The van der Waals surface area contributed by atoms with Gasteiger partial charge in [0.05, 0.1) is 12.8 Å². The van der Waals surface area contributed by atoms with Crippen LogP contribution in [0, 0.1) is 0 Å². The Morgan fingerprint density at radius 3 is 1.17 bits per heavy atom. The molecule has 2 aromatic rings. The van der Waals surface area contributed by atoms with E-state index in [4.69, 9.17) is 0 Å². The average molecular weight is 346 g/mol. The van der Waals surface area contributed by atoms with Crippen LogP contribution in [-0.4, -0.2) is 18.1 Å². The fourth-order valence-electron chi connectivity index (χ4n) is 2.18. The van der Waals surface area contributed by atoms with Crippen molar-refractivity contribution < 1.29 is 31.1 Å². The molecule has 24 heavy (non-hydrogen) atoms. The summed E-state index contributed by atoms with van der Waals surface area (Å²) < 4.78 is 73.6. The Hall–Kier alpha value is -2.31. The highest BCUT2D eigenvalue weighted by Gasteiger charge is 2.28. The van der Waals surface area contributed by atoms with Gasteiger partial charge in [-0.3, -0.25) is 4.79 Å². The molecule has 2 aromatic carbocycles. The van der Waals surface area contributed by atoms with E-state index in [1.165, 1.54) is 48.5 Å². The lowest BCUT2D eigenvalue weighted by Crippen LogP contribution is -2.12. The van der Waals surface area contributed by atoms with Crippen LogP contribution in [-0.2, 0) is 12.8 Å². The van der Waals surface area contributed by atoms with E-state index >= 15 is 0 Å². The molecule has 0 atom stereocenters. The van der Waals surface area contributed by atoms with Crippen LogP contribution in [0.15, 0.2) is 48.5 Å². The number of hydrogen-bond donors (Lipinski definition) is 0. The van der Waals surface area contributed by atoms with Crippen molar-refractivity contribution in [1.82, 2.24) is 0 Å². The summed E-state index contributed by atoms with van der Waals surface area (Å²) in [6, 6.07) is 9.91. The third kappa shape index (κ3) is 5.40. The molecule has 0 heterocycles. The predicted molar refractivity (Wildman–Crippen MR) is 75.8 cm³/mol. The molecular formula is C17H12F6O. The van der Waals surface area contributed by atoms with Crippen molar-refractivity contribution in [3.05, 3.63) is 70.8 Å². The molecule has 0 spiro atoms. The molecule has 0 saturated heterocycles. The Morgan fingerprint density at radius 2 is 0.917 bits per heavy atom. The van der Waals surface area contributed by atoms with Crippen molar-refractivity contribution in [3.63, 3.8) is 0 Å². The largest absolute Gasteiger partial charge is 0.393 e. The highest BCUT2D eigenvalue weighted by atomic mass is 19.4. The van der Waals surface area contributed by atoms with Crippen LogP contribution in [0.3, 0.4) is 0 Å². The molecule has 0 unspecified atom stereocenters. The summed E-state index contributed by atoms with van der Waals surface area (Å²) in [5.41, 5.74) is 0.396. The van der Waals surface area contributed by atoms with Crippen molar-refractivity contribution in [2.45, 2.75) is 25.2 Å². The van der Waals surface area contributed by atoms with Crippen LogP contribution in [0.25, 0.3) is 0 Å².